The molecule has 0 saturated heterocycles. The zero-order valence-electron chi connectivity index (χ0n) is 10.4. The van der Waals surface area contributed by atoms with Crippen molar-refractivity contribution in [1.82, 2.24) is 0 Å². The molecule has 0 atom stereocenters. The molecule has 0 fully saturated rings. The molecule has 16 heavy (non-hydrogen) atoms. The first kappa shape index (κ1) is 14.9. The van der Waals surface area contributed by atoms with E-state index in [4.69, 9.17) is 9.47 Å². The highest BCUT2D eigenvalue weighted by Crippen LogP contribution is 2.28. The van der Waals surface area contributed by atoms with Gasteiger partial charge >= 0.3 is 11.9 Å². The first-order chi connectivity index (χ1) is 7.56. The summed E-state index contributed by atoms with van der Waals surface area (Å²) < 4.78 is 14.4. The number of carbonyl (C=O) groups is 2. The molecular weight excluding hydrogens is 212 g/mol. The second-order valence-corrected chi connectivity index (χ2v) is 3.55. The van der Waals surface area contributed by atoms with Crippen LogP contribution in [0.5, 0.6) is 0 Å². The standard InChI is InChI=1S/C11H20O5/c1-5-11(6-2,10(13)15-4)8-16-7-9(12)14-3/h5-8H2,1-4H3. The monoisotopic (exact) mass is 232 g/mol. The van der Waals surface area contributed by atoms with Gasteiger partial charge in [0.15, 0.2) is 0 Å². The number of ether oxygens (including phenoxy) is 3. The van der Waals surface area contributed by atoms with Crippen molar-refractivity contribution in [2.75, 3.05) is 27.4 Å². The number of carbonyl (C=O) groups excluding carboxylic acids is 2. The fraction of sp³-hybridized carbons (Fsp3) is 0.818. The minimum Gasteiger partial charge on any atom is -0.469 e. The molecule has 0 unspecified atom stereocenters. The maximum Gasteiger partial charge on any atom is 0.331 e. The van der Waals surface area contributed by atoms with Gasteiger partial charge in [0.05, 0.1) is 26.2 Å². The lowest BCUT2D eigenvalue weighted by Gasteiger charge is -2.27. The van der Waals surface area contributed by atoms with Gasteiger partial charge in [0.1, 0.15) is 6.61 Å². The van der Waals surface area contributed by atoms with Crippen LogP contribution in [0.3, 0.4) is 0 Å². The van der Waals surface area contributed by atoms with E-state index in [1.165, 1.54) is 14.2 Å². The Hall–Kier alpha value is -1.10. The van der Waals surface area contributed by atoms with Crippen molar-refractivity contribution >= 4 is 11.9 Å². The largest absolute Gasteiger partial charge is 0.469 e. The van der Waals surface area contributed by atoms with Crippen molar-refractivity contribution in [3.63, 3.8) is 0 Å². The highest BCUT2D eigenvalue weighted by Gasteiger charge is 2.36. The van der Waals surface area contributed by atoms with Gasteiger partial charge in [-0.15, -0.1) is 0 Å². The SMILES string of the molecule is CCC(CC)(COCC(=O)OC)C(=O)OC. The first-order valence-corrected chi connectivity index (χ1v) is 5.29. The molecule has 94 valence electrons. The molecule has 0 spiro atoms. The zero-order chi connectivity index (χ0) is 12.6. The van der Waals surface area contributed by atoms with Crippen LogP contribution in [-0.4, -0.2) is 39.4 Å². The summed E-state index contributed by atoms with van der Waals surface area (Å²) in [5.41, 5.74) is -0.664. The molecule has 0 rings (SSSR count). The molecule has 0 N–H and O–H groups in total. The van der Waals surface area contributed by atoms with E-state index in [9.17, 15) is 9.59 Å². The third kappa shape index (κ3) is 3.81. The third-order valence-electron chi connectivity index (χ3n) is 2.80. The van der Waals surface area contributed by atoms with E-state index >= 15 is 0 Å². The van der Waals surface area contributed by atoms with Gasteiger partial charge in [-0.25, -0.2) is 4.79 Å². The quantitative estimate of drug-likeness (QED) is 0.616. The molecule has 0 aromatic heterocycles. The summed E-state index contributed by atoms with van der Waals surface area (Å²) in [7, 11) is 2.64. The summed E-state index contributed by atoms with van der Waals surface area (Å²) >= 11 is 0. The first-order valence-electron chi connectivity index (χ1n) is 5.29. The molecule has 0 bridgehead atoms. The fourth-order valence-corrected chi connectivity index (χ4v) is 1.41. The summed E-state index contributed by atoms with van der Waals surface area (Å²) in [6, 6.07) is 0. The lowest BCUT2D eigenvalue weighted by molar-refractivity contribution is -0.161. The van der Waals surface area contributed by atoms with Gasteiger partial charge < -0.3 is 14.2 Å². The van der Waals surface area contributed by atoms with E-state index in [1.54, 1.807) is 0 Å². The summed E-state index contributed by atoms with van der Waals surface area (Å²) in [5, 5.41) is 0. The Balaban J connectivity index is 4.33. The average molecular weight is 232 g/mol. The van der Waals surface area contributed by atoms with Gasteiger partial charge in [-0.3, -0.25) is 4.79 Å². The zero-order valence-corrected chi connectivity index (χ0v) is 10.4. The Bertz CT molecular complexity index is 233. The molecule has 0 aromatic carbocycles. The smallest absolute Gasteiger partial charge is 0.331 e. The maximum absolute atomic E-state index is 11.6. The number of hydrogen-bond acceptors (Lipinski definition) is 5. The number of esters is 2. The Morgan fingerprint density at radius 1 is 1.06 bits per heavy atom. The molecule has 0 heterocycles. The van der Waals surface area contributed by atoms with Crippen molar-refractivity contribution < 1.29 is 23.8 Å². The second kappa shape index (κ2) is 7.22. The van der Waals surface area contributed by atoms with Crippen LogP contribution in [0.4, 0.5) is 0 Å². The van der Waals surface area contributed by atoms with Crippen molar-refractivity contribution in [1.29, 1.82) is 0 Å². The molecule has 0 aliphatic heterocycles. The maximum atomic E-state index is 11.6. The Kier molecular flexibility index (Phi) is 6.72. The Morgan fingerprint density at radius 2 is 1.62 bits per heavy atom. The van der Waals surface area contributed by atoms with Crippen molar-refractivity contribution in [3.05, 3.63) is 0 Å². The minimum atomic E-state index is -0.664. The second-order valence-electron chi connectivity index (χ2n) is 3.55. The van der Waals surface area contributed by atoms with Gasteiger partial charge in [-0.2, -0.15) is 0 Å². The van der Waals surface area contributed by atoms with Crippen LogP contribution < -0.4 is 0 Å². The highest BCUT2D eigenvalue weighted by molar-refractivity contribution is 5.77. The summed E-state index contributed by atoms with van der Waals surface area (Å²) in [5.74, 6) is -0.756. The lowest BCUT2D eigenvalue weighted by atomic mass is 9.83. The van der Waals surface area contributed by atoms with Crippen LogP contribution in [0, 0.1) is 5.41 Å². The molecule has 0 aliphatic carbocycles. The van der Waals surface area contributed by atoms with Crippen LogP contribution in [0.2, 0.25) is 0 Å². The topological polar surface area (TPSA) is 61.8 Å². The molecule has 0 aromatic rings. The number of hydrogen-bond donors (Lipinski definition) is 0. The summed E-state index contributed by atoms with van der Waals surface area (Å²) in [6.45, 7) is 3.81. The van der Waals surface area contributed by atoms with Crippen LogP contribution in [0.25, 0.3) is 0 Å². The van der Waals surface area contributed by atoms with Crippen LogP contribution in [-0.2, 0) is 23.8 Å². The molecule has 0 amide bonds. The van der Waals surface area contributed by atoms with Gasteiger partial charge in [0.2, 0.25) is 0 Å². The predicted octanol–water partition coefficient (Wildman–Crippen LogP) is 1.16. The van der Waals surface area contributed by atoms with Crippen molar-refractivity contribution in [2.24, 2.45) is 5.41 Å². The summed E-state index contributed by atoms with van der Waals surface area (Å²) in [4.78, 5) is 22.5. The van der Waals surface area contributed by atoms with E-state index in [-0.39, 0.29) is 19.2 Å². The van der Waals surface area contributed by atoms with E-state index < -0.39 is 11.4 Å². The van der Waals surface area contributed by atoms with Crippen molar-refractivity contribution in [3.8, 4) is 0 Å². The van der Waals surface area contributed by atoms with Crippen molar-refractivity contribution in [2.45, 2.75) is 26.7 Å². The van der Waals surface area contributed by atoms with E-state index in [1.807, 2.05) is 13.8 Å². The van der Waals surface area contributed by atoms with E-state index in [0.29, 0.717) is 12.8 Å². The number of rotatable bonds is 7. The van der Waals surface area contributed by atoms with Gasteiger partial charge in [0.25, 0.3) is 0 Å². The normalized spacial score (nSPS) is 11.0. The third-order valence-corrected chi connectivity index (χ3v) is 2.80. The Morgan fingerprint density at radius 3 is 2.00 bits per heavy atom. The predicted molar refractivity (Wildman–Crippen MR) is 57.9 cm³/mol. The molecule has 5 heteroatoms. The van der Waals surface area contributed by atoms with Gasteiger partial charge in [0, 0.05) is 0 Å². The van der Waals surface area contributed by atoms with E-state index in [0.717, 1.165) is 0 Å². The van der Waals surface area contributed by atoms with E-state index in [2.05, 4.69) is 4.74 Å². The Labute approximate surface area is 96.1 Å². The summed E-state index contributed by atoms with van der Waals surface area (Å²) in [6.07, 6.45) is 1.22. The van der Waals surface area contributed by atoms with Gasteiger partial charge in [-0.05, 0) is 12.8 Å². The number of methoxy groups -OCH3 is 2. The molecular formula is C11H20O5. The molecule has 0 radical (unpaired) electrons. The molecule has 0 saturated carbocycles. The van der Waals surface area contributed by atoms with Crippen LogP contribution in [0.15, 0.2) is 0 Å². The van der Waals surface area contributed by atoms with Gasteiger partial charge in [-0.1, -0.05) is 13.8 Å². The average Bonchev–Trinajstić information content (AvgIpc) is 2.33. The minimum absolute atomic E-state index is 0.144. The highest BCUT2D eigenvalue weighted by atomic mass is 16.6. The van der Waals surface area contributed by atoms with Crippen LogP contribution in [0.1, 0.15) is 26.7 Å². The molecule has 0 aliphatic rings. The van der Waals surface area contributed by atoms with Crippen LogP contribution >= 0.6 is 0 Å². The fourth-order valence-electron chi connectivity index (χ4n) is 1.41. The molecule has 5 nitrogen and oxygen atoms in total. The lowest BCUT2D eigenvalue weighted by Crippen LogP contribution is -2.36.